The molecule has 0 aliphatic carbocycles. The molecule has 0 aromatic rings. The normalized spacial score (nSPS) is 24.6. The van der Waals surface area contributed by atoms with Crippen LogP contribution in [-0.2, 0) is 4.74 Å². The molecule has 0 bridgehead atoms. The van der Waals surface area contributed by atoms with Crippen molar-refractivity contribution in [1.82, 2.24) is 0 Å². The minimum Gasteiger partial charge on any atom is -0.381 e. The number of hydrogen-bond donors (Lipinski definition) is 0. The van der Waals surface area contributed by atoms with Gasteiger partial charge in [-0.1, -0.05) is 31.9 Å². The molecule has 0 N–H and O–H groups in total. The fourth-order valence-corrected chi connectivity index (χ4v) is 3.16. The molecule has 60 valence electrons. The van der Waals surface area contributed by atoms with Gasteiger partial charge in [0.1, 0.15) is 0 Å². The smallest absolute Gasteiger partial charge is 0.0471 e. The molecule has 0 saturated carbocycles. The van der Waals surface area contributed by atoms with E-state index in [-0.39, 0.29) is 0 Å². The van der Waals surface area contributed by atoms with Crippen molar-refractivity contribution in [1.29, 1.82) is 0 Å². The van der Waals surface area contributed by atoms with Gasteiger partial charge in [-0.2, -0.15) is 0 Å². The van der Waals surface area contributed by atoms with Crippen LogP contribution in [0.4, 0.5) is 0 Å². The quantitative estimate of drug-likeness (QED) is 0.702. The van der Waals surface area contributed by atoms with E-state index in [0.717, 1.165) is 23.9 Å². The molecule has 1 fully saturated rings. The maximum atomic E-state index is 5.29. The maximum absolute atomic E-state index is 5.29. The molecular weight excluding hydrogens is 260 g/mol. The number of halogens is 2. The molecule has 0 unspecified atom stereocenters. The molecule has 1 nitrogen and oxygen atoms in total. The Morgan fingerprint density at radius 3 is 1.90 bits per heavy atom. The first-order valence-corrected chi connectivity index (χ1v) is 5.77. The van der Waals surface area contributed by atoms with E-state index in [1.807, 2.05) is 0 Å². The molecular formula is C7H12Br2O. The molecule has 1 rings (SSSR count). The summed E-state index contributed by atoms with van der Waals surface area (Å²) in [6.07, 6.45) is 2.37. The third-order valence-electron chi connectivity index (χ3n) is 2.12. The second kappa shape index (κ2) is 4.07. The Balaban J connectivity index is 2.44. The molecule has 10 heavy (non-hydrogen) atoms. The summed E-state index contributed by atoms with van der Waals surface area (Å²) < 4.78 is 5.29. The average Bonchev–Trinajstić information content (AvgIpc) is 2.06. The summed E-state index contributed by atoms with van der Waals surface area (Å²) in [5.41, 5.74) is 0.470. The first-order valence-electron chi connectivity index (χ1n) is 3.53. The molecule has 1 aliphatic heterocycles. The SMILES string of the molecule is BrCC1(CBr)CCOCC1. The summed E-state index contributed by atoms with van der Waals surface area (Å²) in [6, 6.07) is 0. The van der Waals surface area contributed by atoms with Gasteiger partial charge in [0.25, 0.3) is 0 Å². The van der Waals surface area contributed by atoms with E-state index < -0.39 is 0 Å². The molecule has 1 heterocycles. The van der Waals surface area contributed by atoms with E-state index in [1.54, 1.807) is 0 Å². The lowest BCUT2D eigenvalue weighted by molar-refractivity contribution is 0.0379. The number of ether oxygens (including phenoxy) is 1. The van der Waals surface area contributed by atoms with E-state index in [1.165, 1.54) is 12.8 Å². The molecule has 0 radical (unpaired) electrons. The van der Waals surface area contributed by atoms with Gasteiger partial charge in [0.05, 0.1) is 0 Å². The van der Waals surface area contributed by atoms with Crippen LogP contribution in [-0.4, -0.2) is 23.9 Å². The van der Waals surface area contributed by atoms with Crippen molar-refractivity contribution in [3.05, 3.63) is 0 Å². The van der Waals surface area contributed by atoms with Crippen LogP contribution in [0.2, 0.25) is 0 Å². The highest BCUT2D eigenvalue weighted by molar-refractivity contribution is 9.09. The summed E-state index contributed by atoms with van der Waals surface area (Å²) in [6.45, 7) is 1.86. The predicted molar refractivity (Wildman–Crippen MR) is 50.1 cm³/mol. The van der Waals surface area contributed by atoms with Gasteiger partial charge < -0.3 is 4.74 Å². The highest BCUT2D eigenvalue weighted by atomic mass is 79.9. The summed E-state index contributed by atoms with van der Waals surface area (Å²) in [5, 5.41) is 2.18. The minimum absolute atomic E-state index is 0.470. The van der Waals surface area contributed by atoms with Gasteiger partial charge in [-0.25, -0.2) is 0 Å². The van der Waals surface area contributed by atoms with Crippen LogP contribution in [0.25, 0.3) is 0 Å². The summed E-state index contributed by atoms with van der Waals surface area (Å²) in [5.74, 6) is 0. The third kappa shape index (κ3) is 1.95. The zero-order valence-electron chi connectivity index (χ0n) is 5.91. The Bertz CT molecular complexity index is 93.8. The van der Waals surface area contributed by atoms with Gasteiger partial charge in [0.2, 0.25) is 0 Å². The van der Waals surface area contributed by atoms with Gasteiger partial charge in [0, 0.05) is 23.9 Å². The van der Waals surface area contributed by atoms with Crippen LogP contribution >= 0.6 is 31.9 Å². The Hall–Kier alpha value is 0.920. The molecule has 1 saturated heterocycles. The van der Waals surface area contributed by atoms with Gasteiger partial charge in [-0.05, 0) is 18.3 Å². The largest absolute Gasteiger partial charge is 0.381 e. The van der Waals surface area contributed by atoms with Crippen molar-refractivity contribution in [2.45, 2.75) is 12.8 Å². The standard InChI is InChI=1S/C7H12Br2O/c8-5-7(6-9)1-3-10-4-2-7/h1-6H2. The molecule has 3 heteroatoms. The average molecular weight is 272 g/mol. The fourth-order valence-electron chi connectivity index (χ4n) is 1.11. The predicted octanol–water partition coefficient (Wildman–Crippen LogP) is 2.57. The molecule has 0 aromatic carbocycles. The lowest BCUT2D eigenvalue weighted by Crippen LogP contribution is -2.32. The van der Waals surface area contributed by atoms with E-state index >= 15 is 0 Å². The van der Waals surface area contributed by atoms with E-state index in [4.69, 9.17) is 4.74 Å². The van der Waals surface area contributed by atoms with Crippen LogP contribution in [0.5, 0.6) is 0 Å². The van der Waals surface area contributed by atoms with Crippen LogP contribution in [0.1, 0.15) is 12.8 Å². The number of rotatable bonds is 2. The maximum Gasteiger partial charge on any atom is 0.0471 e. The van der Waals surface area contributed by atoms with E-state index in [2.05, 4.69) is 31.9 Å². The minimum atomic E-state index is 0.470. The zero-order chi connectivity index (χ0) is 7.45. The zero-order valence-corrected chi connectivity index (χ0v) is 9.08. The van der Waals surface area contributed by atoms with Gasteiger partial charge in [0.15, 0.2) is 0 Å². The molecule has 0 amide bonds. The van der Waals surface area contributed by atoms with Crippen molar-refractivity contribution < 1.29 is 4.74 Å². The Morgan fingerprint density at radius 2 is 1.60 bits per heavy atom. The lowest BCUT2D eigenvalue weighted by atomic mass is 9.85. The third-order valence-corrected chi connectivity index (χ3v) is 4.50. The van der Waals surface area contributed by atoms with E-state index in [0.29, 0.717) is 5.41 Å². The van der Waals surface area contributed by atoms with Crippen LogP contribution in [0, 0.1) is 5.41 Å². The van der Waals surface area contributed by atoms with Crippen molar-refractivity contribution in [2.75, 3.05) is 23.9 Å². The number of alkyl halides is 2. The first kappa shape index (κ1) is 9.01. The Morgan fingerprint density at radius 1 is 1.10 bits per heavy atom. The summed E-state index contributed by atoms with van der Waals surface area (Å²) >= 11 is 7.09. The topological polar surface area (TPSA) is 9.23 Å². The van der Waals surface area contributed by atoms with Crippen molar-refractivity contribution in [2.24, 2.45) is 5.41 Å². The molecule has 1 aliphatic rings. The number of hydrogen-bond acceptors (Lipinski definition) is 1. The van der Waals surface area contributed by atoms with Crippen molar-refractivity contribution in [3.63, 3.8) is 0 Å². The molecule has 0 aromatic heterocycles. The second-order valence-electron chi connectivity index (χ2n) is 2.88. The van der Waals surface area contributed by atoms with Crippen LogP contribution in [0.15, 0.2) is 0 Å². The highest BCUT2D eigenvalue weighted by Gasteiger charge is 2.29. The van der Waals surface area contributed by atoms with Crippen LogP contribution < -0.4 is 0 Å². The van der Waals surface area contributed by atoms with Crippen molar-refractivity contribution in [3.8, 4) is 0 Å². The summed E-state index contributed by atoms with van der Waals surface area (Å²) in [4.78, 5) is 0. The first-order chi connectivity index (χ1) is 4.83. The highest BCUT2D eigenvalue weighted by Crippen LogP contribution is 2.33. The van der Waals surface area contributed by atoms with Gasteiger partial charge in [-0.15, -0.1) is 0 Å². The van der Waals surface area contributed by atoms with Crippen LogP contribution in [0.3, 0.4) is 0 Å². The second-order valence-corrected chi connectivity index (χ2v) is 4.00. The van der Waals surface area contributed by atoms with Gasteiger partial charge in [-0.3, -0.25) is 0 Å². The summed E-state index contributed by atoms with van der Waals surface area (Å²) in [7, 11) is 0. The molecule has 0 spiro atoms. The van der Waals surface area contributed by atoms with E-state index in [9.17, 15) is 0 Å². The molecule has 0 atom stereocenters. The Kier molecular flexibility index (Phi) is 3.67. The Labute approximate surface area is 78.8 Å². The monoisotopic (exact) mass is 270 g/mol. The van der Waals surface area contributed by atoms with Crippen molar-refractivity contribution >= 4 is 31.9 Å². The van der Waals surface area contributed by atoms with Gasteiger partial charge >= 0.3 is 0 Å². The lowest BCUT2D eigenvalue weighted by Gasteiger charge is -2.33. The fraction of sp³-hybridized carbons (Fsp3) is 1.00.